The number of ether oxygens (including phenoxy) is 2. The second-order valence-electron chi connectivity index (χ2n) is 4.48. The summed E-state index contributed by atoms with van der Waals surface area (Å²) in [4.78, 5) is 22.5. The SMILES string of the molecule is COc1cc(OC)c2c(c1)c(C)c(C(=O)O)n2CC(=O)O. The van der Waals surface area contributed by atoms with Crippen LogP contribution in [0.4, 0.5) is 0 Å². The van der Waals surface area contributed by atoms with E-state index in [0.29, 0.717) is 28.0 Å². The first kappa shape index (κ1) is 14.7. The van der Waals surface area contributed by atoms with E-state index in [1.54, 1.807) is 19.1 Å². The summed E-state index contributed by atoms with van der Waals surface area (Å²) < 4.78 is 11.6. The van der Waals surface area contributed by atoms with Crippen molar-refractivity contribution in [2.75, 3.05) is 14.2 Å². The second-order valence-corrected chi connectivity index (χ2v) is 4.48. The topological polar surface area (TPSA) is 98.0 Å². The fourth-order valence-corrected chi connectivity index (χ4v) is 2.43. The highest BCUT2D eigenvalue weighted by atomic mass is 16.5. The Hall–Kier alpha value is -2.70. The van der Waals surface area contributed by atoms with Crippen LogP contribution in [0.15, 0.2) is 12.1 Å². The van der Waals surface area contributed by atoms with E-state index in [4.69, 9.17) is 14.6 Å². The number of carboxylic acids is 2. The molecule has 0 fully saturated rings. The van der Waals surface area contributed by atoms with E-state index in [1.807, 2.05) is 0 Å². The quantitative estimate of drug-likeness (QED) is 0.871. The van der Waals surface area contributed by atoms with Gasteiger partial charge in [-0.2, -0.15) is 0 Å². The Balaban J connectivity index is 2.92. The minimum Gasteiger partial charge on any atom is -0.497 e. The van der Waals surface area contributed by atoms with Gasteiger partial charge in [0.15, 0.2) is 0 Å². The molecule has 1 aromatic heterocycles. The summed E-state index contributed by atoms with van der Waals surface area (Å²) in [5.41, 5.74) is 0.825. The number of rotatable bonds is 5. The van der Waals surface area contributed by atoms with Gasteiger partial charge in [0, 0.05) is 11.5 Å². The van der Waals surface area contributed by atoms with Crippen molar-refractivity contribution < 1.29 is 29.3 Å². The predicted octanol–water partition coefficient (Wildman–Crippen LogP) is 1.75. The molecule has 2 rings (SSSR count). The molecular formula is C14H15NO6. The van der Waals surface area contributed by atoms with Gasteiger partial charge in [0.1, 0.15) is 23.7 Å². The first-order valence-corrected chi connectivity index (χ1v) is 6.10. The van der Waals surface area contributed by atoms with Crippen molar-refractivity contribution in [3.05, 3.63) is 23.4 Å². The molecule has 1 heterocycles. The highest BCUT2D eigenvalue weighted by Crippen LogP contribution is 2.36. The first-order chi connectivity index (χ1) is 9.90. The van der Waals surface area contributed by atoms with E-state index in [1.165, 1.54) is 18.8 Å². The number of hydrogen-bond donors (Lipinski definition) is 2. The molecule has 21 heavy (non-hydrogen) atoms. The molecule has 0 amide bonds. The van der Waals surface area contributed by atoms with Gasteiger partial charge in [-0.3, -0.25) is 4.79 Å². The largest absolute Gasteiger partial charge is 0.497 e. The highest BCUT2D eigenvalue weighted by Gasteiger charge is 2.24. The molecule has 0 saturated heterocycles. The Kier molecular flexibility index (Phi) is 3.75. The number of carbonyl (C=O) groups is 2. The van der Waals surface area contributed by atoms with E-state index in [-0.39, 0.29) is 5.69 Å². The molecule has 0 atom stereocenters. The van der Waals surface area contributed by atoms with Crippen molar-refractivity contribution >= 4 is 22.8 Å². The van der Waals surface area contributed by atoms with E-state index in [2.05, 4.69) is 0 Å². The average Bonchev–Trinajstić information content (AvgIpc) is 2.70. The van der Waals surface area contributed by atoms with Crippen LogP contribution in [0, 0.1) is 6.92 Å². The summed E-state index contributed by atoms with van der Waals surface area (Å²) in [5, 5.41) is 19.0. The van der Waals surface area contributed by atoms with Crippen molar-refractivity contribution in [2.24, 2.45) is 0 Å². The van der Waals surface area contributed by atoms with Crippen LogP contribution in [0.1, 0.15) is 16.1 Å². The standard InChI is InChI=1S/C14H15NO6/c1-7-9-4-8(20-2)5-10(21-3)13(9)15(6-11(16)17)12(7)14(18)19/h4-5H,6H2,1-3H3,(H,16,17)(H,18,19). The number of methoxy groups -OCH3 is 2. The van der Waals surface area contributed by atoms with Gasteiger partial charge in [-0.25, -0.2) is 4.79 Å². The van der Waals surface area contributed by atoms with Gasteiger partial charge in [-0.05, 0) is 18.6 Å². The molecule has 0 aliphatic carbocycles. The van der Waals surface area contributed by atoms with E-state index >= 15 is 0 Å². The number of fused-ring (bicyclic) bond motifs is 1. The molecule has 2 aromatic rings. The van der Waals surface area contributed by atoms with Crippen LogP contribution >= 0.6 is 0 Å². The number of aromatic carboxylic acids is 1. The van der Waals surface area contributed by atoms with Gasteiger partial charge >= 0.3 is 11.9 Å². The monoisotopic (exact) mass is 293 g/mol. The second kappa shape index (κ2) is 5.35. The number of benzene rings is 1. The third-order valence-electron chi connectivity index (χ3n) is 3.30. The lowest BCUT2D eigenvalue weighted by Gasteiger charge is -2.10. The maximum atomic E-state index is 11.5. The van der Waals surface area contributed by atoms with E-state index in [9.17, 15) is 14.7 Å². The molecule has 2 N–H and O–H groups in total. The number of aromatic nitrogens is 1. The van der Waals surface area contributed by atoms with Crippen molar-refractivity contribution in [1.82, 2.24) is 4.57 Å². The summed E-state index contributed by atoms with van der Waals surface area (Å²) in [6.45, 7) is 1.16. The lowest BCUT2D eigenvalue weighted by atomic mass is 10.1. The Labute approximate surface area is 120 Å². The van der Waals surface area contributed by atoms with Gasteiger partial charge in [-0.1, -0.05) is 0 Å². The summed E-state index contributed by atoms with van der Waals surface area (Å²) in [6.07, 6.45) is 0. The summed E-state index contributed by atoms with van der Waals surface area (Å²) >= 11 is 0. The minimum absolute atomic E-state index is 0.0704. The van der Waals surface area contributed by atoms with Crippen LogP contribution in [0.25, 0.3) is 10.9 Å². The zero-order valence-corrected chi connectivity index (χ0v) is 11.8. The molecule has 0 spiro atoms. The summed E-state index contributed by atoms with van der Waals surface area (Å²) in [6, 6.07) is 3.25. The summed E-state index contributed by atoms with van der Waals surface area (Å²) in [7, 11) is 2.92. The maximum absolute atomic E-state index is 11.5. The fourth-order valence-electron chi connectivity index (χ4n) is 2.43. The summed E-state index contributed by atoms with van der Waals surface area (Å²) in [5.74, 6) is -1.45. The van der Waals surface area contributed by atoms with Crippen LogP contribution in [0.5, 0.6) is 11.5 Å². The fraction of sp³-hybridized carbons (Fsp3) is 0.286. The smallest absolute Gasteiger partial charge is 0.352 e. The number of aryl methyl sites for hydroxylation is 1. The van der Waals surface area contributed by atoms with Crippen molar-refractivity contribution in [3.63, 3.8) is 0 Å². The van der Waals surface area contributed by atoms with Crippen LogP contribution in [-0.4, -0.2) is 40.9 Å². The molecule has 0 unspecified atom stereocenters. The van der Waals surface area contributed by atoms with Gasteiger partial charge in [0.05, 0.1) is 19.7 Å². The maximum Gasteiger partial charge on any atom is 0.352 e. The Morgan fingerprint density at radius 2 is 1.86 bits per heavy atom. The van der Waals surface area contributed by atoms with Crippen molar-refractivity contribution in [1.29, 1.82) is 0 Å². The molecule has 0 aliphatic rings. The molecule has 0 bridgehead atoms. The normalized spacial score (nSPS) is 10.6. The molecular weight excluding hydrogens is 278 g/mol. The lowest BCUT2D eigenvalue weighted by Crippen LogP contribution is -2.15. The average molecular weight is 293 g/mol. The molecule has 1 aromatic carbocycles. The van der Waals surface area contributed by atoms with Crippen LogP contribution in [-0.2, 0) is 11.3 Å². The number of hydrogen-bond acceptors (Lipinski definition) is 4. The molecule has 112 valence electrons. The van der Waals surface area contributed by atoms with Gasteiger partial charge in [0.25, 0.3) is 0 Å². The Morgan fingerprint density at radius 1 is 1.19 bits per heavy atom. The van der Waals surface area contributed by atoms with Crippen molar-refractivity contribution in [3.8, 4) is 11.5 Å². The highest BCUT2D eigenvalue weighted by molar-refractivity contribution is 6.01. The van der Waals surface area contributed by atoms with Gasteiger partial charge in [-0.15, -0.1) is 0 Å². The molecule has 0 saturated carbocycles. The lowest BCUT2D eigenvalue weighted by molar-refractivity contribution is -0.137. The molecule has 0 radical (unpaired) electrons. The number of nitrogens with zero attached hydrogens (tertiary/aromatic N) is 1. The minimum atomic E-state index is -1.19. The van der Waals surface area contributed by atoms with Gasteiger partial charge < -0.3 is 24.3 Å². The van der Waals surface area contributed by atoms with Crippen LogP contribution < -0.4 is 9.47 Å². The third kappa shape index (κ3) is 2.37. The molecule has 7 heteroatoms. The molecule has 7 nitrogen and oxygen atoms in total. The molecule has 0 aliphatic heterocycles. The first-order valence-electron chi connectivity index (χ1n) is 6.10. The number of aliphatic carboxylic acids is 1. The Morgan fingerprint density at radius 3 is 2.33 bits per heavy atom. The van der Waals surface area contributed by atoms with E-state index in [0.717, 1.165) is 0 Å². The van der Waals surface area contributed by atoms with Gasteiger partial charge in [0.2, 0.25) is 0 Å². The predicted molar refractivity (Wildman–Crippen MR) is 74.4 cm³/mol. The zero-order valence-electron chi connectivity index (χ0n) is 11.8. The van der Waals surface area contributed by atoms with Crippen molar-refractivity contribution in [2.45, 2.75) is 13.5 Å². The van der Waals surface area contributed by atoms with E-state index < -0.39 is 18.5 Å². The zero-order chi connectivity index (χ0) is 15.7. The van der Waals surface area contributed by atoms with Crippen LogP contribution in [0.2, 0.25) is 0 Å². The Bertz CT molecular complexity index is 731. The van der Waals surface area contributed by atoms with Crippen LogP contribution in [0.3, 0.4) is 0 Å². The number of carboxylic acid groups (broad SMARTS) is 2. The third-order valence-corrected chi connectivity index (χ3v) is 3.30.